The van der Waals surface area contributed by atoms with Crippen LogP contribution in [0.3, 0.4) is 0 Å². The highest BCUT2D eigenvalue weighted by Crippen LogP contribution is 2.45. The molecule has 0 bridgehead atoms. The number of amides is 2. The Hall–Kier alpha value is -3.24. The van der Waals surface area contributed by atoms with Crippen LogP contribution in [-0.4, -0.2) is 44.8 Å². The van der Waals surface area contributed by atoms with Crippen LogP contribution in [-0.2, 0) is 24.2 Å². The number of benzene rings is 1. The first-order valence-corrected chi connectivity index (χ1v) is 12.9. The highest BCUT2D eigenvalue weighted by Gasteiger charge is 2.30. The Morgan fingerprint density at radius 3 is 2.76 bits per heavy atom. The molecule has 0 unspecified atom stereocenters. The summed E-state index contributed by atoms with van der Waals surface area (Å²) >= 11 is 3.11. The van der Waals surface area contributed by atoms with Crippen LogP contribution in [0.4, 0.5) is 9.80 Å². The summed E-state index contributed by atoms with van der Waals surface area (Å²) in [5.74, 6) is -0.251. The van der Waals surface area contributed by atoms with Crippen molar-refractivity contribution in [1.82, 2.24) is 19.7 Å². The SMILES string of the molecule is CCOC(=O)N1CCc2c(sc(NC(=O)c3cc(C)n(CC)n3)c2-c2nc3ccccc3s2)C1. The van der Waals surface area contributed by atoms with Gasteiger partial charge in [-0.05, 0) is 51.0 Å². The number of hydrogen-bond acceptors (Lipinski definition) is 7. The smallest absolute Gasteiger partial charge is 0.410 e. The van der Waals surface area contributed by atoms with Gasteiger partial charge in [0.25, 0.3) is 5.91 Å². The van der Waals surface area contributed by atoms with Gasteiger partial charge in [0.05, 0.1) is 23.4 Å². The zero-order valence-electron chi connectivity index (χ0n) is 19.3. The van der Waals surface area contributed by atoms with Crippen molar-refractivity contribution in [3.05, 3.63) is 52.2 Å². The van der Waals surface area contributed by atoms with E-state index in [1.165, 1.54) is 11.3 Å². The van der Waals surface area contributed by atoms with Crippen molar-refractivity contribution in [2.45, 2.75) is 40.3 Å². The Bertz CT molecular complexity index is 1350. The molecule has 8 nitrogen and oxygen atoms in total. The summed E-state index contributed by atoms with van der Waals surface area (Å²) in [6.07, 6.45) is 0.365. The molecule has 0 fully saturated rings. The lowest BCUT2D eigenvalue weighted by Crippen LogP contribution is -2.35. The van der Waals surface area contributed by atoms with Crippen molar-refractivity contribution < 1.29 is 14.3 Å². The van der Waals surface area contributed by atoms with Gasteiger partial charge in [0.15, 0.2) is 5.69 Å². The molecule has 2 amide bonds. The van der Waals surface area contributed by atoms with Gasteiger partial charge in [0.2, 0.25) is 0 Å². The summed E-state index contributed by atoms with van der Waals surface area (Å²) < 4.78 is 8.10. The number of thiophene rings is 1. The monoisotopic (exact) mass is 495 g/mol. The third kappa shape index (κ3) is 4.07. The van der Waals surface area contributed by atoms with Crippen molar-refractivity contribution >= 4 is 49.9 Å². The molecule has 34 heavy (non-hydrogen) atoms. The average molecular weight is 496 g/mol. The van der Waals surface area contributed by atoms with Gasteiger partial charge in [-0.25, -0.2) is 9.78 Å². The second kappa shape index (κ2) is 9.19. The van der Waals surface area contributed by atoms with Crippen LogP contribution >= 0.6 is 22.7 Å². The molecule has 1 aliphatic heterocycles. The van der Waals surface area contributed by atoms with Gasteiger partial charge in [-0.15, -0.1) is 22.7 Å². The van der Waals surface area contributed by atoms with Crippen LogP contribution in [0, 0.1) is 6.92 Å². The van der Waals surface area contributed by atoms with Crippen molar-refractivity contribution in [1.29, 1.82) is 0 Å². The highest BCUT2D eigenvalue weighted by molar-refractivity contribution is 7.23. The van der Waals surface area contributed by atoms with Gasteiger partial charge in [0, 0.05) is 29.2 Å². The molecular weight excluding hydrogens is 470 g/mol. The fourth-order valence-electron chi connectivity index (χ4n) is 4.18. The molecule has 3 aromatic heterocycles. The minimum Gasteiger partial charge on any atom is -0.450 e. The first-order valence-electron chi connectivity index (χ1n) is 11.3. The van der Waals surface area contributed by atoms with Crippen LogP contribution in [0.5, 0.6) is 0 Å². The van der Waals surface area contributed by atoms with E-state index >= 15 is 0 Å². The molecule has 4 heterocycles. The lowest BCUT2D eigenvalue weighted by atomic mass is 10.0. The first-order chi connectivity index (χ1) is 16.5. The number of anilines is 1. The van der Waals surface area contributed by atoms with E-state index in [0.29, 0.717) is 38.4 Å². The van der Waals surface area contributed by atoms with Gasteiger partial charge in [0.1, 0.15) is 10.0 Å². The zero-order chi connectivity index (χ0) is 23.8. The topological polar surface area (TPSA) is 89.4 Å². The summed E-state index contributed by atoms with van der Waals surface area (Å²) in [7, 11) is 0. The number of para-hydroxylation sites is 1. The fraction of sp³-hybridized carbons (Fsp3) is 0.333. The molecule has 0 radical (unpaired) electrons. The Kier molecular flexibility index (Phi) is 6.09. The molecule has 1 aliphatic rings. The minimum atomic E-state index is -0.311. The molecule has 176 valence electrons. The molecule has 0 saturated carbocycles. The molecule has 1 N–H and O–H groups in total. The maximum absolute atomic E-state index is 13.1. The number of nitrogens with zero attached hydrogens (tertiary/aromatic N) is 4. The lowest BCUT2D eigenvalue weighted by molar-refractivity contribution is 0.101. The van der Waals surface area contributed by atoms with E-state index in [1.807, 2.05) is 32.0 Å². The summed E-state index contributed by atoms with van der Waals surface area (Å²) in [5, 5.41) is 9.13. The third-order valence-electron chi connectivity index (χ3n) is 5.83. The second-order valence-corrected chi connectivity index (χ2v) is 10.1. The summed E-state index contributed by atoms with van der Waals surface area (Å²) in [6, 6.07) is 9.82. The van der Waals surface area contributed by atoms with Crippen LogP contribution in [0.2, 0.25) is 0 Å². The Labute approximate surface area is 205 Å². The second-order valence-electron chi connectivity index (χ2n) is 8.01. The fourth-order valence-corrected chi connectivity index (χ4v) is 6.54. The number of nitrogens with one attached hydrogen (secondary N) is 1. The van der Waals surface area contributed by atoms with Crippen molar-refractivity contribution in [3.8, 4) is 10.6 Å². The summed E-state index contributed by atoms with van der Waals surface area (Å²) in [4.78, 5) is 33.1. The molecule has 10 heteroatoms. The predicted octanol–water partition coefficient (Wildman–Crippen LogP) is 5.32. The number of ether oxygens (including phenoxy) is 1. The van der Waals surface area contributed by atoms with Crippen LogP contribution in [0.25, 0.3) is 20.8 Å². The lowest BCUT2D eigenvalue weighted by Gasteiger charge is -2.26. The Balaban J connectivity index is 1.54. The van der Waals surface area contributed by atoms with Gasteiger partial charge in [-0.2, -0.15) is 5.10 Å². The van der Waals surface area contributed by atoms with E-state index in [-0.39, 0.29) is 12.0 Å². The van der Waals surface area contributed by atoms with Crippen LogP contribution in [0.1, 0.15) is 40.5 Å². The normalized spacial score (nSPS) is 13.2. The van der Waals surface area contributed by atoms with E-state index in [0.717, 1.165) is 41.9 Å². The van der Waals surface area contributed by atoms with Gasteiger partial charge in [-0.3, -0.25) is 9.48 Å². The highest BCUT2D eigenvalue weighted by atomic mass is 32.1. The van der Waals surface area contributed by atoms with Gasteiger partial charge >= 0.3 is 6.09 Å². The third-order valence-corrected chi connectivity index (χ3v) is 8.02. The van der Waals surface area contributed by atoms with Gasteiger partial charge in [-0.1, -0.05) is 12.1 Å². The minimum absolute atomic E-state index is 0.251. The van der Waals surface area contributed by atoms with Crippen molar-refractivity contribution in [3.63, 3.8) is 0 Å². The number of aromatic nitrogens is 3. The van der Waals surface area contributed by atoms with Crippen LogP contribution < -0.4 is 5.32 Å². The molecule has 0 aliphatic carbocycles. The summed E-state index contributed by atoms with van der Waals surface area (Å²) in [5.41, 5.74) is 4.34. The quantitative estimate of drug-likeness (QED) is 0.405. The summed E-state index contributed by atoms with van der Waals surface area (Å²) in [6.45, 7) is 7.80. The van der Waals surface area contributed by atoms with Crippen LogP contribution in [0.15, 0.2) is 30.3 Å². The van der Waals surface area contributed by atoms with Gasteiger partial charge < -0.3 is 15.0 Å². The largest absolute Gasteiger partial charge is 0.450 e. The average Bonchev–Trinajstić information content (AvgIpc) is 3.52. The van der Waals surface area contributed by atoms with E-state index in [4.69, 9.17) is 9.72 Å². The van der Waals surface area contributed by atoms with E-state index in [1.54, 1.807) is 33.9 Å². The number of carbonyl (C=O) groups is 2. The van der Waals surface area contributed by atoms with Crippen molar-refractivity contribution in [2.24, 2.45) is 0 Å². The zero-order valence-corrected chi connectivity index (χ0v) is 20.9. The van der Waals surface area contributed by atoms with Crippen molar-refractivity contribution in [2.75, 3.05) is 18.5 Å². The molecule has 0 atom stereocenters. The molecule has 0 spiro atoms. The predicted molar refractivity (Wildman–Crippen MR) is 135 cm³/mol. The molecular formula is C24H25N5O3S2. The first kappa shape index (κ1) is 22.5. The Morgan fingerprint density at radius 2 is 2.03 bits per heavy atom. The molecule has 4 aromatic rings. The van der Waals surface area contributed by atoms with E-state index in [9.17, 15) is 9.59 Å². The number of fused-ring (bicyclic) bond motifs is 2. The molecule has 1 aromatic carbocycles. The Morgan fingerprint density at radius 1 is 1.21 bits per heavy atom. The number of aryl methyl sites for hydroxylation is 2. The molecule has 0 saturated heterocycles. The maximum atomic E-state index is 13.1. The number of rotatable bonds is 5. The number of hydrogen-bond donors (Lipinski definition) is 1. The number of carbonyl (C=O) groups excluding carboxylic acids is 2. The maximum Gasteiger partial charge on any atom is 0.410 e. The molecule has 5 rings (SSSR count). The number of thiazole rings is 1. The van der Waals surface area contributed by atoms with E-state index in [2.05, 4.69) is 16.5 Å². The van der Waals surface area contributed by atoms with E-state index < -0.39 is 0 Å². The standard InChI is InChI=1S/C24H25N5O3S2/c1-4-29-14(3)12-17(27-29)21(30)26-23-20(22-25-16-8-6-7-9-18(16)33-22)15-10-11-28(13-19(15)34-23)24(31)32-5-2/h6-9,12H,4-5,10-11,13H2,1-3H3,(H,26,30).